The third-order valence-electron chi connectivity index (χ3n) is 5.10. The van der Waals surface area contributed by atoms with E-state index in [4.69, 9.17) is 4.74 Å². The van der Waals surface area contributed by atoms with Crippen molar-refractivity contribution in [2.75, 3.05) is 24.6 Å². The second kappa shape index (κ2) is 8.31. The molecule has 0 aliphatic carbocycles. The van der Waals surface area contributed by atoms with Crippen LogP contribution < -0.4 is 15.0 Å². The number of fused-ring (bicyclic) bond motifs is 1. The number of rotatable bonds is 6. The topological polar surface area (TPSA) is 71.5 Å². The summed E-state index contributed by atoms with van der Waals surface area (Å²) in [6.45, 7) is 3.12. The number of carbonyl (C=O) groups excluding carboxylic acids is 2. The van der Waals surface area contributed by atoms with Gasteiger partial charge in [0.05, 0.1) is 12.5 Å². The molecule has 148 valence electrons. The molecule has 2 heterocycles. The van der Waals surface area contributed by atoms with Gasteiger partial charge < -0.3 is 15.0 Å². The standard InChI is InChI=1S/C23H23N3O3/c1-16-7-9-19(10-8-16)26-15-18(14-21(26)27)23(28)25-12-13-29-20-6-2-4-17-5-3-11-24-22(17)20/h2-11,18H,12-15H2,1H3,(H,25,28). The molecule has 0 saturated carbocycles. The Morgan fingerprint density at radius 1 is 1.17 bits per heavy atom. The minimum atomic E-state index is -0.344. The van der Waals surface area contributed by atoms with Crippen molar-refractivity contribution >= 4 is 28.4 Å². The molecule has 3 aromatic rings. The summed E-state index contributed by atoms with van der Waals surface area (Å²) >= 11 is 0. The Kier molecular flexibility index (Phi) is 5.42. The van der Waals surface area contributed by atoms with E-state index in [-0.39, 0.29) is 24.2 Å². The second-order valence-corrected chi connectivity index (χ2v) is 7.21. The molecule has 6 nitrogen and oxygen atoms in total. The summed E-state index contributed by atoms with van der Waals surface area (Å²) in [5.74, 6) is 0.210. The van der Waals surface area contributed by atoms with Crippen LogP contribution in [0.5, 0.6) is 5.75 Å². The Labute approximate surface area is 169 Å². The quantitative estimate of drug-likeness (QED) is 0.658. The number of pyridine rings is 1. The summed E-state index contributed by atoms with van der Waals surface area (Å²) in [7, 11) is 0. The molecule has 0 bridgehead atoms. The van der Waals surface area contributed by atoms with Gasteiger partial charge in [-0.05, 0) is 31.2 Å². The molecule has 1 unspecified atom stereocenters. The summed E-state index contributed by atoms with van der Waals surface area (Å²) < 4.78 is 5.80. The number of amides is 2. The normalized spacial score (nSPS) is 16.2. The van der Waals surface area contributed by atoms with Gasteiger partial charge in [-0.15, -0.1) is 0 Å². The van der Waals surface area contributed by atoms with E-state index in [0.717, 1.165) is 22.2 Å². The number of para-hydroxylation sites is 1. The molecule has 29 heavy (non-hydrogen) atoms. The molecular weight excluding hydrogens is 366 g/mol. The number of nitrogens with one attached hydrogen (secondary N) is 1. The lowest BCUT2D eigenvalue weighted by molar-refractivity contribution is -0.126. The first-order valence-electron chi connectivity index (χ1n) is 9.73. The van der Waals surface area contributed by atoms with Crippen LogP contribution in [-0.2, 0) is 9.59 Å². The van der Waals surface area contributed by atoms with Crippen LogP contribution in [0.2, 0.25) is 0 Å². The highest BCUT2D eigenvalue weighted by Gasteiger charge is 2.34. The number of anilines is 1. The summed E-state index contributed by atoms with van der Waals surface area (Å²) in [6, 6.07) is 17.4. The van der Waals surface area contributed by atoms with Gasteiger partial charge in [-0.2, -0.15) is 0 Å². The summed E-state index contributed by atoms with van der Waals surface area (Å²) in [4.78, 5) is 30.9. The summed E-state index contributed by atoms with van der Waals surface area (Å²) in [6.07, 6.45) is 1.96. The number of benzene rings is 2. The molecule has 2 amide bonds. The molecule has 6 heteroatoms. The van der Waals surface area contributed by atoms with Crippen LogP contribution in [0, 0.1) is 12.8 Å². The molecule has 1 saturated heterocycles. The van der Waals surface area contributed by atoms with E-state index in [0.29, 0.717) is 25.4 Å². The molecule has 1 N–H and O–H groups in total. The van der Waals surface area contributed by atoms with E-state index in [1.807, 2.05) is 61.5 Å². The van der Waals surface area contributed by atoms with Crippen LogP contribution in [0.3, 0.4) is 0 Å². The number of carbonyl (C=O) groups is 2. The fourth-order valence-corrected chi connectivity index (χ4v) is 3.53. The first-order chi connectivity index (χ1) is 14.1. The highest BCUT2D eigenvalue weighted by molar-refractivity contribution is 6.00. The Bertz CT molecular complexity index is 1030. The van der Waals surface area contributed by atoms with Gasteiger partial charge in [-0.3, -0.25) is 14.6 Å². The van der Waals surface area contributed by atoms with Gasteiger partial charge in [0, 0.05) is 30.2 Å². The van der Waals surface area contributed by atoms with E-state index in [1.165, 1.54) is 0 Å². The van der Waals surface area contributed by atoms with Gasteiger partial charge in [-0.1, -0.05) is 35.9 Å². The first-order valence-corrected chi connectivity index (χ1v) is 9.73. The zero-order valence-corrected chi connectivity index (χ0v) is 16.3. The predicted octanol–water partition coefficient (Wildman–Crippen LogP) is 3.09. The lowest BCUT2D eigenvalue weighted by Crippen LogP contribution is -2.35. The molecule has 0 radical (unpaired) electrons. The molecule has 1 fully saturated rings. The average molecular weight is 389 g/mol. The Hall–Kier alpha value is -3.41. The Balaban J connectivity index is 1.29. The minimum Gasteiger partial charge on any atom is -0.489 e. The zero-order valence-electron chi connectivity index (χ0n) is 16.3. The highest BCUT2D eigenvalue weighted by Crippen LogP contribution is 2.25. The molecule has 1 aliphatic rings. The van der Waals surface area contributed by atoms with Gasteiger partial charge in [-0.25, -0.2) is 0 Å². The summed E-state index contributed by atoms with van der Waals surface area (Å²) in [5, 5.41) is 3.89. The number of ether oxygens (including phenoxy) is 1. The first kappa shape index (κ1) is 18.9. The van der Waals surface area contributed by atoms with Crippen molar-refractivity contribution in [1.82, 2.24) is 10.3 Å². The van der Waals surface area contributed by atoms with Crippen LogP contribution in [0.25, 0.3) is 10.9 Å². The number of nitrogens with zero attached hydrogens (tertiary/aromatic N) is 2. The van der Waals surface area contributed by atoms with Gasteiger partial charge in [0.25, 0.3) is 0 Å². The fourth-order valence-electron chi connectivity index (χ4n) is 3.53. The third-order valence-corrected chi connectivity index (χ3v) is 5.10. The SMILES string of the molecule is Cc1ccc(N2CC(C(=O)NCCOc3cccc4cccnc34)CC2=O)cc1. The zero-order chi connectivity index (χ0) is 20.2. The van der Waals surface area contributed by atoms with E-state index in [1.54, 1.807) is 11.1 Å². The van der Waals surface area contributed by atoms with Gasteiger partial charge in [0.2, 0.25) is 11.8 Å². The molecule has 4 rings (SSSR count). The maximum Gasteiger partial charge on any atom is 0.227 e. The number of aryl methyl sites for hydroxylation is 1. The fraction of sp³-hybridized carbons (Fsp3) is 0.261. The smallest absolute Gasteiger partial charge is 0.227 e. The van der Waals surface area contributed by atoms with Crippen molar-refractivity contribution in [1.29, 1.82) is 0 Å². The maximum absolute atomic E-state index is 12.5. The lowest BCUT2D eigenvalue weighted by Gasteiger charge is -2.17. The molecule has 2 aromatic carbocycles. The average Bonchev–Trinajstić information content (AvgIpc) is 3.13. The third kappa shape index (κ3) is 4.21. The van der Waals surface area contributed by atoms with Crippen LogP contribution in [0.1, 0.15) is 12.0 Å². The number of aromatic nitrogens is 1. The highest BCUT2D eigenvalue weighted by atomic mass is 16.5. The molecule has 1 aliphatic heterocycles. The number of hydrogen-bond donors (Lipinski definition) is 1. The predicted molar refractivity (Wildman–Crippen MR) is 112 cm³/mol. The molecule has 1 atom stereocenters. The van der Waals surface area contributed by atoms with Gasteiger partial charge in [0.15, 0.2) is 0 Å². The number of hydrogen-bond acceptors (Lipinski definition) is 4. The van der Waals surface area contributed by atoms with Crippen molar-refractivity contribution in [3.8, 4) is 5.75 Å². The van der Waals surface area contributed by atoms with Crippen molar-refractivity contribution in [2.24, 2.45) is 5.92 Å². The van der Waals surface area contributed by atoms with E-state index < -0.39 is 0 Å². The lowest BCUT2D eigenvalue weighted by atomic mass is 10.1. The maximum atomic E-state index is 12.5. The van der Waals surface area contributed by atoms with Gasteiger partial charge >= 0.3 is 0 Å². The Morgan fingerprint density at radius 2 is 1.97 bits per heavy atom. The monoisotopic (exact) mass is 389 g/mol. The van der Waals surface area contributed by atoms with Gasteiger partial charge in [0.1, 0.15) is 17.9 Å². The van der Waals surface area contributed by atoms with Crippen LogP contribution >= 0.6 is 0 Å². The van der Waals surface area contributed by atoms with E-state index >= 15 is 0 Å². The van der Waals surface area contributed by atoms with Crippen LogP contribution in [0.15, 0.2) is 60.8 Å². The van der Waals surface area contributed by atoms with Crippen molar-refractivity contribution < 1.29 is 14.3 Å². The molecule has 0 spiro atoms. The van der Waals surface area contributed by atoms with Crippen molar-refractivity contribution in [2.45, 2.75) is 13.3 Å². The Morgan fingerprint density at radius 3 is 2.79 bits per heavy atom. The van der Waals surface area contributed by atoms with Crippen molar-refractivity contribution in [3.63, 3.8) is 0 Å². The van der Waals surface area contributed by atoms with Crippen molar-refractivity contribution in [3.05, 3.63) is 66.4 Å². The summed E-state index contributed by atoms with van der Waals surface area (Å²) in [5.41, 5.74) is 2.77. The van der Waals surface area contributed by atoms with E-state index in [9.17, 15) is 9.59 Å². The largest absolute Gasteiger partial charge is 0.489 e. The van der Waals surface area contributed by atoms with E-state index in [2.05, 4.69) is 10.3 Å². The molecular formula is C23H23N3O3. The van der Waals surface area contributed by atoms with Crippen LogP contribution in [0.4, 0.5) is 5.69 Å². The minimum absolute atomic E-state index is 0.0212. The molecule has 1 aromatic heterocycles. The van der Waals surface area contributed by atoms with Crippen LogP contribution in [-0.4, -0.2) is 36.5 Å². The second-order valence-electron chi connectivity index (χ2n) is 7.21.